The summed E-state index contributed by atoms with van der Waals surface area (Å²) in [6.45, 7) is 3.48. The molecule has 0 aliphatic heterocycles. The van der Waals surface area contributed by atoms with Gasteiger partial charge in [0.05, 0.1) is 6.61 Å². The number of rotatable bonds is 5. The zero-order valence-corrected chi connectivity index (χ0v) is 11.5. The number of hydrogen-bond donors (Lipinski definition) is 2. The summed E-state index contributed by atoms with van der Waals surface area (Å²) >= 11 is 0. The van der Waals surface area contributed by atoms with Gasteiger partial charge in [0, 0.05) is 29.3 Å². The Balaban J connectivity index is 1.70. The van der Waals surface area contributed by atoms with Crippen molar-refractivity contribution in [1.29, 1.82) is 0 Å². The maximum atomic E-state index is 5.51. The van der Waals surface area contributed by atoms with Gasteiger partial charge < -0.3 is 15.0 Å². The lowest BCUT2D eigenvalue weighted by molar-refractivity contribution is 0.340. The van der Waals surface area contributed by atoms with E-state index in [-0.39, 0.29) is 0 Å². The highest BCUT2D eigenvalue weighted by Gasteiger charge is 1.99. The molecule has 0 saturated heterocycles. The minimum atomic E-state index is 0.695. The quantitative estimate of drug-likeness (QED) is 0.727. The lowest BCUT2D eigenvalue weighted by Gasteiger charge is -2.09. The molecule has 1 heterocycles. The summed E-state index contributed by atoms with van der Waals surface area (Å²) in [7, 11) is 0. The number of H-pyrrole nitrogens is 1. The molecule has 102 valence electrons. The monoisotopic (exact) mass is 266 g/mol. The van der Waals surface area contributed by atoms with Crippen LogP contribution in [-0.4, -0.2) is 11.6 Å². The summed E-state index contributed by atoms with van der Waals surface area (Å²) in [6.07, 6.45) is 1.96. The molecule has 0 aliphatic carbocycles. The Morgan fingerprint density at radius 1 is 1.10 bits per heavy atom. The van der Waals surface area contributed by atoms with Crippen LogP contribution in [0.2, 0.25) is 0 Å². The fourth-order valence-electron chi connectivity index (χ4n) is 2.28. The van der Waals surface area contributed by atoms with E-state index in [0.29, 0.717) is 6.61 Å². The predicted octanol–water partition coefficient (Wildman–Crippen LogP) is 4.18. The van der Waals surface area contributed by atoms with Crippen LogP contribution in [0.4, 0.5) is 5.69 Å². The van der Waals surface area contributed by atoms with Crippen molar-refractivity contribution >= 4 is 16.6 Å². The second kappa shape index (κ2) is 5.70. The largest absolute Gasteiger partial charge is 0.494 e. The lowest BCUT2D eigenvalue weighted by Crippen LogP contribution is -2.00. The zero-order valence-electron chi connectivity index (χ0n) is 11.5. The Kier molecular flexibility index (Phi) is 3.59. The first kappa shape index (κ1) is 12.6. The molecule has 0 atom stereocenters. The van der Waals surface area contributed by atoms with Gasteiger partial charge in [-0.15, -0.1) is 0 Å². The van der Waals surface area contributed by atoms with Gasteiger partial charge in [0.15, 0.2) is 0 Å². The second-order valence-electron chi connectivity index (χ2n) is 4.71. The third-order valence-electron chi connectivity index (χ3n) is 3.26. The second-order valence-corrected chi connectivity index (χ2v) is 4.71. The topological polar surface area (TPSA) is 37.0 Å². The lowest BCUT2D eigenvalue weighted by atomic mass is 10.2. The Morgan fingerprint density at radius 3 is 2.95 bits per heavy atom. The Hall–Kier alpha value is -2.42. The van der Waals surface area contributed by atoms with Crippen molar-refractivity contribution in [2.45, 2.75) is 13.5 Å². The molecule has 3 aromatic rings. The number of hydrogen-bond acceptors (Lipinski definition) is 2. The van der Waals surface area contributed by atoms with E-state index in [1.807, 2.05) is 25.3 Å². The highest BCUT2D eigenvalue weighted by molar-refractivity contribution is 5.82. The summed E-state index contributed by atoms with van der Waals surface area (Å²) in [6, 6.07) is 16.6. The van der Waals surface area contributed by atoms with Crippen molar-refractivity contribution in [1.82, 2.24) is 4.98 Å². The van der Waals surface area contributed by atoms with Gasteiger partial charge in [-0.2, -0.15) is 0 Å². The Bertz CT molecular complexity index is 703. The van der Waals surface area contributed by atoms with Gasteiger partial charge in [-0.05, 0) is 48.9 Å². The van der Waals surface area contributed by atoms with E-state index in [2.05, 4.69) is 46.7 Å². The molecule has 0 radical (unpaired) electrons. The smallest absolute Gasteiger partial charge is 0.119 e. The van der Waals surface area contributed by atoms with Crippen molar-refractivity contribution in [3.63, 3.8) is 0 Å². The molecule has 3 rings (SSSR count). The summed E-state index contributed by atoms with van der Waals surface area (Å²) in [5, 5.41) is 4.66. The molecule has 2 aromatic carbocycles. The molecular formula is C17H18N2O. The summed E-state index contributed by atoms with van der Waals surface area (Å²) in [5.74, 6) is 0.924. The molecule has 0 bridgehead atoms. The molecule has 20 heavy (non-hydrogen) atoms. The van der Waals surface area contributed by atoms with Crippen molar-refractivity contribution < 1.29 is 4.74 Å². The van der Waals surface area contributed by atoms with Gasteiger partial charge in [0.2, 0.25) is 0 Å². The predicted molar refractivity (Wildman–Crippen MR) is 83.2 cm³/mol. The number of anilines is 1. The number of fused-ring (bicyclic) bond motifs is 1. The first-order valence-electron chi connectivity index (χ1n) is 6.88. The van der Waals surface area contributed by atoms with E-state index in [4.69, 9.17) is 4.74 Å². The minimum Gasteiger partial charge on any atom is -0.494 e. The summed E-state index contributed by atoms with van der Waals surface area (Å²) < 4.78 is 5.51. The van der Waals surface area contributed by atoms with Crippen molar-refractivity contribution in [2.24, 2.45) is 0 Å². The normalized spacial score (nSPS) is 10.7. The van der Waals surface area contributed by atoms with Crippen LogP contribution >= 0.6 is 0 Å². The molecule has 3 nitrogen and oxygen atoms in total. The van der Waals surface area contributed by atoms with Crippen molar-refractivity contribution in [2.75, 3.05) is 11.9 Å². The standard InChI is InChI=1S/C17H18N2O/c1-2-20-16-5-3-4-13(10-16)12-19-15-6-7-17-14(11-15)8-9-18-17/h3-11,18-19H,2,12H2,1H3. The molecule has 0 fully saturated rings. The SMILES string of the molecule is CCOc1cccc(CNc2ccc3[nH]ccc3c2)c1. The number of nitrogens with one attached hydrogen (secondary N) is 2. The molecule has 0 aliphatic rings. The average Bonchev–Trinajstić information content (AvgIpc) is 2.93. The summed E-state index contributed by atoms with van der Waals surface area (Å²) in [5.41, 5.74) is 3.50. The zero-order chi connectivity index (χ0) is 13.8. The van der Waals surface area contributed by atoms with Crippen molar-refractivity contribution in [3.05, 3.63) is 60.3 Å². The molecule has 1 aromatic heterocycles. The maximum Gasteiger partial charge on any atom is 0.119 e. The van der Waals surface area contributed by atoms with Crippen LogP contribution in [0.15, 0.2) is 54.7 Å². The molecule has 0 spiro atoms. The Morgan fingerprint density at radius 2 is 2.05 bits per heavy atom. The van der Waals surface area contributed by atoms with E-state index in [1.165, 1.54) is 10.9 Å². The third-order valence-corrected chi connectivity index (χ3v) is 3.26. The highest BCUT2D eigenvalue weighted by atomic mass is 16.5. The molecule has 0 saturated carbocycles. The van der Waals surface area contributed by atoms with Gasteiger partial charge in [-0.3, -0.25) is 0 Å². The average molecular weight is 266 g/mol. The van der Waals surface area contributed by atoms with Crippen LogP contribution in [0.5, 0.6) is 5.75 Å². The van der Waals surface area contributed by atoms with E-state index < -0.39 is 0 Å². The molecule has 2 N–H and O–H groups in total. The van der Waals surface area contributed by atoms with Crippen LogP contribution in [0.3, 0.4) is 0 Å². The van der Waals surface area contributed by atoms with E-state index in [0.717, 1.165) is 23.5 Å². The van der Waals surface area contributed by atoms with E-state index in [1.54, 1.807) is 0 Å². The number of ether oxygens (including phenoxy) is 1. The van der Waals surface area contributed by atoms with Crippen LogP contribution in [0.25, 0.3) is 10.9 Å². The van der Waals surface area contributed by atoms with Crippen molar-refractivity contribution in [3.8, 4) is 5.75 Å². The minimum absolute atomic E-state index is 0.695. The number of benzene rings is 2. The molecular weight excluding hydrogens is 248 g/mol. The third kappa shape index (κ3) is 2.77. The van der Waals surface area contributed by atoms with Gasteiger partial charge in [0.25, 0.3) is 0 Å². The van der Waals surface area contributed by atoms with E-state index in [9.17, 15) is 0 Å². The van der Waals surface area contributed by atoms with Gasteiger partial charge in [-0.1, -0.05) is 12.1 Å². The van der Waals surface area contributed by atoms with Crippen LogP contribution in [0, 0.1) is 0 Å². The van der Waals surface area contributed by atoms with Gasteiger partial charge in [-0.25, -0.2) is 0 Å². The summed E-state index contributed by atoms with van der Waals surface area (Å²) in [4.78, 5) is 3.20. The van der Waals surface area contributed by atoms with Crippen LogP contribution in [-0.2, 0) is 6.54 Å². The molecule has 3 heteroatoms. The van der Waals surface area contributed by atoms with E-state index >= 15 is 0 Å². The number of aromatic amines is 1. The fourth-order valence-corrected chi connectivity index (χ4v) is 2.28. The van der Waals surface area contributed by atoms with Gasteiger partial charge >= 0.3 is 0 Å². The van der Waals surface area contributed by atoms with Gasteiger partial charge in [0.1, 0.15) is 5.75 Å². The maximum absolute atomic E-state index is 5.51. The number of aromatic nitrogens is 1. The van der Waals surface area contributed by atoms with Crippen LogP contribution < -0.4 is 10.1 Å². The first-order chi connectivity index (χ1) is 9.85. The Labute approximate surface area is 118 Å². The fraction of sp³-hybridized carbons (Fsp3) is 0.176. The molecule has 0 unspecified atom stereocenters. The first-order valence-corrected chi connectivity index (χ1v) is 6.88. The highest BCUT2D eigenvalue weighted by Crippen LogP contribution is 2.19. The molecule has 0 amide bonds. The van der Waals surface area contributed by atoms with Crippen LogP contribution in [0.1, 0.15) is 12.5 Å².